The normalized spacial score (nSPS) is 20.6. The minimum Gasteiger partial charge on any atom is -0.262 e. The Bertz CT molecular complexity index is 994. The quantitative estimate of drug-likeness (QED) is 0.796. The molecule has 0 aliphatic carbocycles. The standard InChI is InChI=1S/C15H13NO4S2/c17-21(18)8-7-11-5-6-13(9-15(11)21)16-10-12-3-1-2-4-14(12)22(16,19)20/h1-6,9H,7-8,10H2. The molecule has 2 aromatic rings. The Hall–Kier alpha value is -1.86. The predicted octanol–water partition coefficient (Wildman–Crippen LogP) is 1.73. The summed E-state index contributed by atoms with van der Waals surface area (Å²) in [6.07, 6.45) is 0.491. The average molecular weight is 335 g/mol. The number of hydrogen-bond donors (Lipinski definition) is 0. The first-order chi connectivity index (χ1) is 10.4. The van der Waals surface area contributed by atoms with Gasteiger partial charge in [-0.25, -0.2) is 16.8 Å². The maximum Gasteiger partial charge on any atom is 0.264 e. The van der Waals surface area contributed by atoms with Gasteiger partial charge in [0.15, 0.2) is 9.84 Å². The third kappa shape index (κ3) is 1.82. The van der Waals surface area contributed by atoms with E-state index < -0.39 is 19.9 Å². The van der Waals surface area contributed by atoms with Gasteiger partial charge in [-0.15, -0.1) is 0 Å². The van der Waals surface area contributed by atoms with Crippen molar-refractivity contribution in [2.75, 3.05) is 10.1 Å². The van der Waals surface area contributed by atoms with Crippen LogP contribution >= 0.6 is 0 Å². The summed E-state index contributed by atoms with van der Waals surface area (Å²) < 4.78 is 50.6. The Morgan fingerprint density at radius 3 is 2.41 bits per heavy atom. The number of sulfonamides is 1. The van der Waals surface area contributed by atoms with Gasteiger partial charge in [-0.2, -0.15) is 0 Å². The first-order valence-electron chi connectivity index (χ1n) is 6.86. The van der Waals surface area contributed by atoms with Crippen molar-refractivity contribution < 1.29 is 16.8 Å². The molecule has 0 unspecified atom stereocenters. The fourth-order valence-corrected chi connectivity index (χ4v) is 6.25. The van der Waals surface area contributed by atoms with Crippen LogP contribution in [0.3, 0.4) is 0 Å². The lowest BCUT2D eigenvalue weighted by molar-refractivity contribution is 0.595. The molecule has 4 rings (SSSR count). The molecule has 2 aliphatic heterocycles. The lowest BCUT2D eigenvalue weighted by Gasteiger charge is -2.17. The molecular formula is C15H13NO4S2. The number of anilines is 1. The third-order valence-electron chi connectivity index (χ3n) is 4.17. The molecule has 0 amide bonds. The second-order valence-electron chi connectivity index (χ2n) is 5.48. The Balaban J connectivity index is 1.86. The van der Waals surface area contributed by atoms with Crippen molar-refractivity contribution >= 4 is 25.5 Å². The predicted molar refractivity (Wildman–Crippen MR) is 82.0 cm³/mol. The van der Waals surface area contributed by atoms with Crippen molar-refractivity contribution in [3.63, 3.8) is 0 Å². The Labute approximate surface area is 129 Å². The van der Waals surface area contributed by atoms with Gasteiger partial charge >= 0.3 is 0 Å². The molecule has 114 valence electrons. The van der Waals surface area contributed by atoms with Gasteiger partial charge < -0.3 is 0 Å². The molecule has 0 N–H and O–H groups in total. The number of nitrogens with zero attached hydrogens (tertiary/aromatic N) is 1. The zero-order chi connectivity index (χ0) is 15.5. The molecule has 5 nitrogen and oxygen atoms in total. The van der Waals surface area contributed by atoms with Gasteiger partial charge in [-0.1, -0.05) is 24.3 Å². The van der Waals surface area contributed by atoms with Crippen LogP contribution < -0.4 is 4.31 Å². The van der Waals surface area contributed by atoms with E-state index in [2.05, 4.69) is 0 Å². The van der Waals surface area contributed by atoms with E-state index in [4.69, 9.17) is 0 Å². The summed E-state index contributed by atoms with van der Waals surface area (Å²) in [4.78, 5) is 0.550. The fourth-order valence-electron chi connectivity index (χ4n) is 3.02. The molecule has 0 saturated heterocycles. The van der Waals surface area contributed by atoms with E-state index >= 15 is 0 Å². The van der Waals surface area contributed by atoms with Crippen LogP contribution in [0.25, 0.3) is 0 Å². The van der Waals surface area contributed by atoms with Gasteiger partial charge in [-0.3, -0.25) is 4.31 Å². The van der Waals surface area contributed by atoms with Crippen LogP contribution in [0, 0.1) is 0 Å². The molecule has 0 atom stereocenters. The largest absolute Gasteiger partial charge is 0.264 e. The Morgan fingerprint density at radius 2 is 1.64 bits per heavy atom. The summed E-state index contributed by atoms with van der Waals surface area (Å²) in [5, 5.41) is 0. The molecule has 2 heterocycles. The highest BCUT2D eigenvalue weighted by Gasteiger charge is 2.36. The number of aryl methyl sites for hydroxylation is 1. The van der Waals surface area contributed by atoms with Gasteiger partial charge in [0.1, 0.15) is 0 Å². The number of benzene rings is 2. The van der Waals surface area contributed by atoms with Crippen molar-refractivity contribution in [3.8, 4) is 0 Å². The van der Waals surface area contributed by atoms with E-state index in [0.717, 1.165) is 11.1 Å². The summed E-state index contributed by atoms with van der Waals surface area (Å²) in [6.45, 7) is 0.233. The Morgan fingerprint density at radius 1 is 0.864 bits per heavy atom. The number of fused-ring (bicyclic) bond motifs is 2. The van der Waals surface area contributed by atoms with Crippen LogP contribution in [0.15, 0.2) is 52.3 Å². The maximum atomic E-state index is 12.6. The minimum atomic E-state index is -3.62. The monoisotopic (exact) mass is 335 g/mol. The second-order valence-corrected chi connectivity index (χ2v) is 9.39. The van der Waals surface area contributed by atoms with E-state index in [0.29, 0.717) is 17.0 Å². The summed E-state index contributed by atoms with van der Waals surface area (Å²) >= 11 is 0. The molecule has 2 aromatic carbocycles. The van der Waals surface area contributed by atoms with Crippen LogP contribution in [0.4, 0.5) is 5.69 Å². The van der Waals surface area contributed by atoms with Crippen LogP contribution in [-0.4, -0.2) is 22.6 Å². The summed E-state index contributed by atoms with van der Waals surface area (Å²) in [5.41, 5.74) is 1.89. The molecule has 0 saturated carbocycles. The summed E-state index contributed by atoms with van der Waals surface area (Å²) in [7, 11) is -6.90. The van der Waals surface area contributed by atoms with Gasteiger partial charge in [0.25, 0.3) is 10.0 Å². The van der Waals surface area contributed by atoms with E-state index in [1.807, 2.05) is 0 Å². The topological polar surface area (TPSA) is 71.5 Å². The third-order valence-corrected chi connectivity index (χ3v) is 7.83. The molecule has 0 aromatic heterocycles. The highest BCUT2D eigenvalue weighted by Crippen LogP contribution is 2.37. The SMILES string of the molecule is O=S1(=O)CCc2ccc(N3Cc4ccccc4S3(=O)=O)cc21. The van der Waals surface area contributed by atoms with E-state index in [9.17, 15) is 16.8 Å². The highest BCUT2D eigenvalue weighted by atomic mass is 32.2. The van der Waals surface area contributed by atoms with Crippen LogP contribution in [-0.2, 0) is 32.8 Å². The summed E-state index contributed by atoms with van der Waals surface area (Å²) in [6, 6.07) is 11.7. The lowest BCUT2D eigenvalue weighted by atomic mass is 10.1. The maximum absolute atomic E-state index is 12.6. The van der Waals surface area contributed by atoms with Gasteiger partial charge in [0, 0.05) is 0 Å². The highest BCUT2D eigenvalue weighted by molar-refractivity contribution is 7.93. The first kappa shape index (κ1) is 13.8. The number of sulfone groups is 1. The molecule has 0 spiro atoms. The average Bonchev–Trinajstić information content (AvgIpc) is 2.94. The molecule has 2 aliphatic rings. The second kappa shape index (κ2) is 4.33. The van der Waals surface area contributed by atoms with Crippen LogP contribution in [0.1, 0.15) is 11.1 Å². The van der Waals surface area contributed by atoms with Crippen molar-refractivity contribution in [2.24, 2.45) is 0 Å². The smallest absolute Gasteiger partial charge is 0.262 e. The van der Waals surface area contributed by atoms with Crippen LogP contribution in [0.2, 0.25) is 0 Å². The molecule has 7 heteroatoms. The van der Waals surface area contributed by atoms with Crippen molar-refractivity contribution in [3.05, 3.63) is 53.6 Å². The van der Waals surface area contributed by atoms with E-state index in [1.165, 1.54) is 10.4 Å². The molecule has 22 heavy (non-hydrogen) atoms. The van der Waals surface area contributed by atoms with Crippen molar-refractivity contribution in [2.45, 2.75) is 22.8 Å². The first-order valence-corrected chi connectivity index (χ1v) is 9.95. The van der Waals surface area contributed by atoms with E-state index in [1.54, 1.807) is 36.4 Å². The number of rotatable bonds is 1. The zero-order valence-corrected chi connectivity index (χ0v) is 13.2. The molecule has 0 radical (unpaired) electrons. The minimum absolute atomic E-state index is 0.0960. The molecular weight excluding hydrogens is 322 g/mol. The lowest BCUT2D eigenvalue weighted by Crippen LogP contribution is -2.23. The van der Waals surface area contributed by atoms with Crippen molar-refractivity contribution in [1.82, 2.24) is 0 Å². The zero-order valence-electron chi connectivity index (χ0n) is 11.6. The van der Waals surface area contributed by atoms with E-state index in [-0.39, 0.29) is 17.2 Å². The van der Waals surface area contributed by atoms with Crippen molar-refractivity contribution in [1.29, 1.82) is 0 Å². The van der Waals surface area contributed by atoms with Crippen LogP contribution in [0.5, 0.6) is 0 Å². The molecule has 0 fully saturated rings. The molecule has 0 bridgehead atoms. The fraction of sp³-hybridized carbons (Fsp3) is 0.200. The summed E-state index contributed by atoms with van der Waals surface area (Å²) in [5.74, 6) is 0.0960. The van der Waals surface area contributed by atoms with Gasteiger partial charge in [-0.05, 0) is 35.7 Å². The van der Waals surface area contributed by atoms with Gasteiger partial charge in [0.2, 0.25) is 0 Å². The van der Waals surface area contributed by atoms with Gasteiger partial charge in [0.05, 0.1) is 27.8 Å². The Kier molecular flexibility index (Phi) is 2.71. The number of hydrogen-bond acceptors (Lipinski definition) is 4.